The van der Waals surface area contributed by atoms with Gasteiger partial charge in [-0.15, -0.1) is 11.3 Å². The zero-order chi connectivity index (χ0) is 25.8. The van der Waals surface area contributed by atoms with E-state index in [1.54, 1.807) is 26.0 Å². The summed E-state index contributed by atoms with van der Waals surface area (Å²) in [5.74, 6) is -4.12. The Morgan fingerprint density at radius 3 is 2.42 bits per heavy atom. The number of thiophene rings is 1. The number of hydrogen-bond donors (Lipinski definition) is 1. The summed E-state index contributed by atoms with van der Waals surface area (Å²) in [6.07, 6.45) is 1.74. The fourth-order valence-electron chi connectivity index (χ4n) is 5.11. The summed E-state index contributed by atoms with van der Waals surface area (Å²) in [4.78, 5) is 41.5. The average Bonchev–Trinajstić information content (AvgIpc) is 3.39. The molecule has 0 radical (unpaired) electrons. The average molecular weight is 512 g/mol. The standard InChI is InChI=1S/C28H30FNO5S/c1-4-8-19-25(28(33)35-6-3)22(16-10-12-17(29)13-11-16)24-20(30-19)15-18(21-9-7-14-36-21)23(26(24)31)27(32)34-5-2/h7,9-14,18,22-23,30H,4-6,8,15H2,1-3H3/t18-,22+,23+/m0/s1. The normalized spacial score (nSPS) is 21.7. The topological polar surface area (TPSA) is 81.7 Å². The molecule has 2 heterocycles. The van der Waals surface area contributed by atoms with Gasteiger partial charge >= 0.3 is 11.9 Å². The predicted octanol–water partition coefficient (Wildman–Crippen LogP) is 5.38. The van der Waals surface area contributed by atoms with Crippen molar-refractivity contribution >= 4 is 29.1 Å². The quantitative estimate of drug-likeness (QED) is 0.379. The molecule has 0 saturated heterocycles. The van der Waals surface area contributed by atoms with Crippen molar-refractivity contribution in [1.29, 1.82) is 0 Å². The molecule has 0 amide bonds. The number of carbonyl (C=O) groups excluding carboxylic acids is 3. The molecule has 6 nitrogen and oxygen atoms in total. The summed E-state index contributed by atoms with van der Waals surface area (Å²) in [6, 6.07) is 9.60. The van der Waals surface area contributed by atoms with Crippen LogP contribution in [-0.2, 0) is 23.9 Å². The number of carbonyl (C=O) groups is 3. The van der Waals surface area contributed by atoms with Gasteiger partial charge in [0.05, 0.1) is 18.8 Å². The minimum absolute atomic E-state index is 0.153. The molecule has 0 unspecified atom stereocenters. The number of ether oxygens (including phenoxy) is 2. The van der Waals surface area contributed by atoms with E-state index in [2.05, 4.69) is 5.32 Å². The van der Waals surface area contributed by atoms with Crippen LogP contribution in [0.5, 0.6) is 0 Å². The summed E-state index contributed by atoms with van der Waals surface area (Å²) >= 11 is 1.49. The SMILES string of the molecule is CCCC1=C(C(=O)OCC)[C@H](c2ccc(F)cc2)C2=C(C[C@@H](c3cccs3)[C@@H](C(=O)OCC)C2=O)N1. The maximum absolute atomic E-state index is 14.2. The van der Waals surface area contributed by atoms with E-state index in [1.807, 2.05) is 24.4 Å². The Labute approximate surface area is 214 Å². The van der Waals surface area contributed by atoms with Gasteiger partial charge in [-0.2, -0.15) is 0 Å². The van der Waals surface area contributed by atoms with Gasteiger partial charge in [-0.25, -0.2) is 9.18 Å². The zero-order valence-electron chi connectivity index (χ0n) is 20.6. The Bertz CT molecular complexity index is 1200. The highest BCUT2D eigenvalue weighted by molar-refractivity contribution is 7.10. The molecular weight excluding hydrogens is 481 g/mol. The van der Waals surface area contributed by atoms with Gasteiger partial charge < -0.3 is 14.8 Å². The number of ketones is 1. The van der Waals surface area contributed by atoms with Crippen LogP contribution in [0.4, 0.5) is 4.39 Å². The van der Waals surface area contributed by atoms with Gasteiger partial charge in [-0.1, -0.05) is 31.5 Å². The molecule has 1 aromatic carbocycles. The second-order valence-corrected chi connectivity index (χ2v) is 9.76. The Morgan fingerprint density at radius 2 is 1.81 bits per heavy atom. The van der Waals surface area contributed by atoms with Crippen molar-refractivity contribution in [2.45, 2.75) is 51.9 Å². The Morgan fingerprint density at radius 1 is 1.08 bits per heavy atom. The van der Waals surface area contributed by atoms with Crippen molar-refractivity contribution < 1.29 is 28.2 Å². The van der Waals surface area contributed by atoms with Crippen molar-refractivity contribution in [3.8, 4) is 0 Å². The van der Waals surface area contributed by atoms with Crippen molar-refractivity contribution in [3.05, 3.63) is 80.6 Å². The number of rotatable bonds is 8. The molecule has 1 aliphatic carbocycles. The number of Topliss-reactive ketones (excluding diaryl/α,β-unsaturated/α-hetero) is 1. The zero-order valence-corrected chi connectivity index (χ0v) is 21.5. The fraction of sp³-hybridized carbons (Fsp3) is 0.393. The maximum Gasteiger partial charge on any atom is 0.336 e. The smallest absolute Gasteiger partial charge is 0.336 e. The van der Waals surface area contributed by atoms with E-state index in [9.17, 15) is 18.8 Å². The van der Waals surface area contributed by atoms with Crippen LogP contribution in [0.25, 0.3) is 0 Å². The summed E-state index contributed by atoms with van der Waals surface area (Å²) in [6.45, 7) is 5.76. The number of allylic oxidation sites excluding steroid dienone is 3. The highest BCUT2D eigenvalue weighted by Gasteiger charge is 2.49. The van der Waals surface area contributed by atoms with Gasteiger partial charge in [0, 0.05) is 33.7 Å². The van der Waals surface area contributed by atoms with E-state index in [4.69, 9.17) is 9.47 Å². The van der Waals surface area contributed by atoms with Gasteiger partial charge in [-0.3, -0.25) is 9.59 Å². The van der Waals surface area contributed by atoms with Crippen LogP contribution >= 0.6 is 11.3 Å². The van der Waals surface area contributed by atoms with E-state index in [-0.39, 0.29) is 24.9 Å². The molecule has 0 spiro atoms. The highest BCUT2D eigenvalue weighted by Crippen LogP contribution is 2.49. The van der Waals surface area contributed by atoms with E-state index in [0.29, 0.717) is 40.9 Å². The molecule has 1 aromatic heterocycles. The lowest BCUT2D eigenvalue weighted by molar-refractivity contribution is -0.152. The predicted molar refractivity (Wildman–Crippen MR) is 135 cm³/mol. The lowest BCUT2D eigenvalue weighted by Gasteiger charge is -2.39. The van der Waals surface area contributed by atoms with Crippen LogP contribution in [0.1, 0.15) is 62.3 Å². The summed E-state index contributed by atoms with van der Waals surface area (Å²) in [7, 11) is 0. The highest BCUT2D eigenvalue weighted by atomic mass is 32.1. The first-order chi connectivity index (χ1) is 17.4. The van der Waals surface area contributed by atoms with Gasteiger partial charge in [0.25, 0.3) is 0 Å². The second kappa shape index (κ2) is 11.2. The summed E-state index contributed by atoms with van der Waals surface area (Å²) < 4.78 is 24.6. The molecule has 2 aliphatic rings. The van der Waals surface area contributed by atoms with Crippen LogP contribution in [0.15, 0.2) is 64.3 Å². The minimum atomic E-state index is -1.04. The number of esters is 2. The first-order valence-corrected chi connectivity index (χ1v) is 13.2. The third-order valence-corrected chi connectivity index (χ3v) is 7.56. The summed E-state index contributed by atoms with van der Waals surface area (Å²) in [5, 5.41) is 5.31. The van der Waals surface area contributed by atoms with Gasteiger partial charge in [0.2, 0.25) is 0 Å². The fourth-order valence-corrected chi connectivity index (χ4v) is 5.97. The van der Waals surface area contributed by atoms with E-state index >= 15 is 0 Å². The van der Waals surface area contributed by atoms with Crippen molar-refractivity contribution in [2.75, 3.05) is 13.2 Å². The number of hydrogen-bond acceptors (Lipinski definition) is 7. The van der Waals surface area contributed by atoms with Crippen LogP contribution in [0.2, 0.25) is 0 Å². The lowest BCUT2D eigenvalue weighted by Crippen LogP contribution is -2.43. The molecule has 1 N–H and O–H groups in total. The van der Waals surface area contributed by atoms with E-state index in [0.717, 1.165) is 11.3 Å². The lowest BCUT2D eigenvalue weighted by atomic mass is 9.68. The number of benzene rings is 1. The Hall–Kier alpha value is -3.26. The van der Waals surface area contributed by atoms with Crippen LogP contribution < -0.4 is 5.32 Å². The van der Waals surface area contributed by atoms with Crippen LogP contribution in [-0.4, -0.2) is 30.9 Å². The van der Waals surface area contributed by atoms with Crippen molar-refractivity contribution in [1.82, 2.24) is 5.32 Å². The third kappa shape index (κ3) is 4.87. The number of halogens is 1. The van der Waals surface area contributed by atoms with Crippen LogP contribution in [0.3, 0.4) is 0 Å². The minimum Gasteiger partial charge on any atom is -0.465 e. The molecule has 2 aromatic rings. The van der Waals surface area contributed by atoms with Gasteiger partial charge in [0.1, 0.15) is 11.7 Å². The third-order valence-electron chi connectivity index (χ3n) is 6.55. The first-order valence-electron chi connectivity index (χ1n) is 12.3. The molecule has 0 bridgehead atoms. The number of nitrogens with one attached hydrogen (secondary N) is 1. The monoisotopic (exact) mass is 511 g/mol. The molecule has 190 valence electrons. The maximum atomic E-state index is 14.2. The molecule has 0 saturated carbocycles. The van der Waals surface area contributed by atoms with E-state index < -0.39 is 29.6 Å². The molecule has 4 rings (SSSR count). The molecular formula is C28H30FNO5S. The van der Waals surface area contributed by atoms with Crippen LogP contribution in [0, 0.1) is 11.7 Å². The number of dihydropyridines is 1. The molecule has 36 heavy (non-hydrogen) atoms. The van der Waals surface area contributed by atoms with E-state index in [1.165, 1.54) is 23.5 Å². The molecule has 8 heteroatoms. The second-order valence-electron chi connectivity index (χ2n) is 8.78. The molecule has 3 atom stereocenters. The largest absolute Gasteiger partial charge is 0.465 e. The van der Waals surface area contributed by atoms with Crippen molar-refractivity contribution in [2.24, 2.45) is 5.92 Å². The summed E-state index contributed by atoms with van der Waals surface area (Å²) in [5.41, 5.74) is 2.64. The Balaban J connectivity index is 1.91. The molecule has 1 aliphatic heterocycles. The Kier molecular flexibility index (Phi) is 8.04. The molecule has 0 fully saturated rings. The van der Waals surface area contributed by atoms with Crippen molar-refractivity contribution in [3.63, 3.8) is 0 Å². The van der Waals surface area contributed by atoms with Gasteiger partial charge in [0.15, 0.2) is 5.78 Å². The van der Waals surface area contributed by atoms with Gasteiger partial charge in [-0.05, 0) is 55.8 Å². The first kappa shape index (κ1) is 25.8.